The van der Waals surface area contributed by atoms with Crippen molar-refractivity contribution in [2.75, 3.05) is 0 Å². The maximum atomic E-state index is 2.42. The number of benzene rings is 4. The topological polar surface area (TPSA) is 0 Å². The van der Waals surface area contributed by atoms with Crippen LogP contribution in [0, 0.1) is 0 Å². The molecule has 0 bridgehead atoms. The molecule has 31 heavy (non-hydrogen) atoms. The highest BCUT2D eigenvalue weighted by atomic mass is 32.2. The Hall–Kier alpha value is -2.86. The summed E-state index contributed by atoms with van der Waals surface area (Å²) in [7, 11) is -1.94. The predicted molar refractivity (Wildman–Crippen MR) is 138 cm³/mol. The van der Waals surface area contributed by atoms with Gasteiger partial charge >= 0.3 is 0 Å². The standard InChI is InChI=1S/C29H24PS/c1-4-12-24(13-5-1)30(26-16-10-11-17-26,25-14-6-2-7-15-25)27-20-22-29(23-21-27)31-28-18-8-3-9-19-28/h1-10,12-23H,11H2/q+1. The lowest BCUT2D eigenvalue weighted by Gasteiger charge is -2.27. The molecule has 0 amide bonds. The molecule has 0 unspecified atom stereocenters. The molecule has 1 aliphatic rings. The van der Waals surface area contributed by atoms with Crippen LogP contribution in [0.1, 0.15) is 6.42 Å². The van der Waals surface area contributed by atoms with Crippen LogP contribution in [-0.2, 0) is 0 Å². The van der Waals surface area contributed by atoms with Gasteiger partial charge in [0.15, 0.2) is 0 Å². The molecular formula is C29H24PS+. The van der Waals surface area contributed by atoms with Crippen LogP contribution < -0.4 is 15.9 Å². The average Bonchev–Trinajstić information content (AvgIpc) is 3.38. The second-order valence-electron chi connectivity index (χ2n) is 7.52. The summed E-state index contributed by atoms with van der Waals surface area (Å²) in [5.74, 6) is 0. The van der Waals surface area contributed by atoms with Crippen molar-refractivity contribution in [2.45, 2.75) is 16.2 Å². The number of rotatable bonds is 6. The normalized spacial score (nSPS) is 13.2. The van der Waals surface area contributed by atoms with Gasteiger partial charge in [0.05, 0.1) is 0 Å². The van der Waals surface area contributed by atoms with Gasteiger partial charge in [0.2, 0.25) is 0 Å². The molecule has 0 N–H and O–H groups in total. The van der Waals surface area contributed by atoms with Crippen LogP contribution in [0.25, 0.3) is 0 Å². The summed E-state index contributed by atoms with van der Waals surface area (Å²) in [6.45, 7) is 0. The van der Waals surface area contributed by atoms with E-state index in [2.05, 4.69) is 133 Å². The van der Waals surface area contributed by atoms with E-state index in [1.807, 2.05) is 11.8 Å². The number of allylic oxidation sites excluding steroid dienone is 4. The van der Waals surface area contributed by atoms with Crippen molar-refractivity contribution in [3.63, 3.8) is 0 Å². The fraction of sp³-hybridized carbons (Fsp3) is 0.0345. The van der Waals surface area contributed by atoms with Gasteiger partial charge in [-0.15, -0.1) is 0 Å². The van der Waals surface area contributed by atoms with Crippen molar-refractivity contribution in [3.8, 4) is 0 Å². The van der Waals surface area contributed by atoms with E-state index in [0.29, 0.717) is 0 Å². The van der Waals surface area contributed by atoms with Crippen molar-refractivity contribution in [1.29, 1.82) is 0 Å². The summed E-state index contributed by atoms with van der Waals surface area (Å²) in [5, 5.41) is 5.67. The van der Waals surface area contributed by atoms with Crippen molar-refractivity contribution < 1.29 is 0 Å². The fourth-order valence-electron chi connectivity index (χ4n) is 4.25. The zero-order valence-electron chi connectivity index (χ0n) is 17.3. The van der Waals surface area contributed by atoms with Gasteiger partial charge in [-0.25, -0.2) is 0 Å². The van der Waals surface area contributed by atoms with Gasteiger partial charge in [-0.1, -0.05) is 72.4 Å². The Morgan fingerprint density at radius 1 is 0.516 bits per heavy atom. The molecule has 4 aromatic carbocycles. The minimum absolute atomic E-state index is 1.01. The molecule has 5 rings (SSSR count). The summed E-state index contributed by atoms with van der Waals surface area (Å²) in [4.78, 5) is 2.54. The summed E-state index contributed by atoms with van der Waals surface area (Å²) in [5.41, 5.74) is 0. The minimum atomic E-state index is -1.94. The summed E-state index contributed by atoms with van der Waals surface area (Å²) < 4.78 is 0. The molecule has 0 radical (unpaired) electrons. The van der Waals surface area contributed by atoms with Crippen LogP contribution in [0.3, 0.4) is 0 Å². The van der Waals surface area contributed by atoms with E-state index < -0.39 is 7.26 Å². The third-order valence-corrected chi connectivity index (χ3v) is 11.0. The highest BCUT2D eigenvalue weighted by molar-refractivity contribution is 7.99. The van der Waals surface area contributed by atoms with Crippen LogP contribution in [-0.4, -0.2) is 0 Å². The third-order valence-electron chi connectivity index (χ3n) is 5.63. The molecule has 2 heteroatoms. The molecule has 0 saturated carbocycles. The van der Waals surface area contributed by atoms with Crippen molar-refractivity contribution in [3.05, 3.63) is 139 Å². The first-order valence-electron chi connectivity index (χ1n) is 10.6. The van der Waals surface area contributed by atoms with Gasteiger partial charge in [-0.05, 0) is 79.2 Å². The maximum Gasteiger partial charge on any atom is 0.143 e. The molecule has 1 aliphatic carbocycles. The van der Waals surface area contributed by atoms with Gasteiger partial charge < -0.3 is 0 Å². The highest BCUT2D eigenvalue weighted by Crippen LogP contribution is 2.63. The first kappa shape index (κ1) is 20.1. The van der Waals surface area contributed by atoms with Gasteiger partial charge in [0, 0.05) is 9.79 Å². The van der Waals surface area contributed by atoms with E-state index in [0.717, 1.165) is 6.42 Å². The van der Waals surface area contributed by atoms with Crippen LogP contribution in [0.15, 0.2) is 149 Å². The van der Waals surface area contributed by atoms with Gasteiger partial charge in [0.25, 0.3) is 0 Å². The lowest BCUT2D eigenvalue weighted by molar-refractivity contribution is 1.41. The summed E-state index contributed by atoms with van der Waals surface area (Å²) in [6, 6.07) is 42.0. The fourth-order valence-corrected chi connectivity index (χ4v) is 9.42. The zero-order valence-corrected chi connectivity index (χ0v) is 19.0. The number of hydrogen-bond acceptors (Lipinski definition) is 1. The molecule has 0 nitrogen and oxygen atoms in total. The Labute approximate surface area is 189 Å². The quantitative estimate of drug-likeness (QED) is 0.295. The van der Waals surface area contributed by atoms with Crippen LogP contribution in [0.2, 0.25) is 0 Å². The average molecular weight is 436 g/mol. The smallest absolute Gasteiger partial charge is 0.0901 e. The van der Waals surface area contributed by atoms with Gasteiger partial charge in [-0.3, -0.25) is 0 Å². The van der Waals surface area contributed by atoms with Crippen LogP contribution in [0.5, 0.6) is 0 Å². The van der Waals surface area contributed by atoms with Crippen molar-refractivity contribution in [1.82, 2.24) is 0 Å². The zero-order chi connectivity index (χ0) is 20.9. The van der Waals surface area contributed by atoms with Crippen LogP contribution >= 0.6 is 19.0 Å². The molecule has 0 aliphatic heterocycles. The predicted octanol–water partition coefficient (Wildman–Crippen LogP) is 6.98. The van der Waals surface area contributed by atoms with E-state index in [4.69, 9.17) is 0 Å². The Morgan fingerprint density at radius 3 is 1.52 bits per heavy atom. The Kier molecular flexibility index (Phi) is 5.89. The van der Waals surface area contributed by atoms with E-state index >= 15 is 0 Å². The Bertz CT molecular complexity index is 1150. The van der Waals surface area contributed by atoms with E-state index in [9.17, 15) is 0 Å². The molecule has 0 aromatic heterocycles. The van der Waals surface area contributed by atoms with Crippen LogP contribution in [0.4, 0.5) is 0 Å². The Morgan fingerprint density at radius 2 is 1.00 bits per heavy atom. The molecule has 150 valence electrons. The highest BCUT2D eigenvalue weighted by Gasteiger charge is 2.48. The lowest BCUT2D eigenvalue weighted by atomic mass is 10.3. The molecule has 0 spiro atoms. The molecule has 0 heterocycles. The second kappa shape index (κ2) is 9.10. The molecular weight excluding hydrogens is 411 g/mol. The molecule has 0 atom stereocenters. The van der Waals surface area contributed by atoms with E-state index in [1.165, 1.54) is 31.0 Å². The largest absolute Gasteiger partial charge is 0.143 e. The van der Waals surface area contributed by atoms with Gasteiger partial charge in [-0.2, -0.15) is 0 Å². The van der Waals surface area contributed by atoms with E-state index in [1.54, 1.807) is 0 Å². The lowest BCUT2D eigenvalue weighted by Crippen LogP contribution is -2.31. The second-order valence-corrected chi connectivity index (χ2v) is 12.1. The first-order valence-corrected chi connectivity index (χ1v) is 13.2. The summed E-state index contributed by atoms with van der Waals surface area (Å²) in [6.07, 6.45) is 8.06. The summed E-state index contributed by atoms with van der Waals surface area (Å²) >= 11 is 1.81. The first-order chi connectivity index (χ1) is 15.4. The molecule has 0 saturated heterocycles. The SMILES string of the molecule is C1=CC([P+](c2ccccc2)(c2ccccc2)c2ccc(Sc3ccccc3)cc2)=CC1. The molecule has 4 aromatic rings. The van der Waals surface area contributed by atoms with Gasteiger partial charge in [0.1, 0.15) is 28.5 Å². The van der Waals surface area contributed by atoms with Crippen molar-refractivity contribution in [2.24, 2.45) is 0 Å². The minimum Gasteiger partial charge on any atom is -0.0901 e. The third kappa shape index (κ3) is 3.92. The molecule has 0 fully saturated rings. The number of hydrogen-bond donors (Lipinski definition) is 0. The van der Waals surface area contributed by atoms with Crippen molar-refractivity contribution >= 4 is 34.9 Å². The maximum absolute atomic E-state index is 2.42. The van der Waals surface area contributed by atoms with E-state index in [-0.39, 0.29) is 0 Å². The monoisotopic (exact) mass is 435 g/mol. The Balaban J connectivity index is 1.67.